The largest absolute Gasteiger partial charge is 0.469 e. The Morgan fingerprint density at radius 1 is 1.44 bits per heavy atom. The topological polar surface area (TPSA) is 55.6 Å². The number of carbonyl (C=O) groups is 1. The molecule has 1 rings (SSSR count). The van der Waals surface area contributed by atoms with Crippen LogP contribution in [0.3, 0.4) is 0 Å². The molecule has 0 amide bonds. The third-order valence-electron chi connectivity index (χ3n) is 2.74. The molecule has 0 saturated carbocycles. The summed E-state index contributed by atoms with van der Waals surface area (Å²) in [5.74, 6) is -0.378. The van der Waals surface area contributed by atoms with E-state index in [1.807, 2.05) is 43.1 Å². The first-order valence-electron chi connectivity index (χ1n) is 5.64. The minimum atomic E-state index is -0.207. The molecule has 98 valence electrons. The number of nitrogens with zero attached hydrogens (tertiary/aromatic N) is 1. The van der Waals surface area contributed by atoms with Crippen LogP contribution in [0.4, 0.5) is 5.69 Å². The second-order valence-corrected chi connectivity index (χ2v) is 4.66. The third-order valence-corrected chi connectivity index (χ3v) is 2.98. The molecule has 0 aromatic heterocycles. The van der Waals surface area contributed by atoms with Crippen molar-refractivity contribution in [3.05, 3.63) is 29.8 Å². The van der Waals surface area contributed by atoms with E-state index < -0.39 is 0 Å². The van der Waals surface area contributed by atoms with Crippen molar-refractivity contribution in [3.8, 4) is 0 Å². The zero-order valence-corrected chi connectivity index (χ0v) is 11.7. The van der Waals surface area contributed by atoms with Gasteiger partial charge in [0.25, 0.3) is 0 Å². The summed E-state index contributed by atoms with van der Waals surface area (Å²) in [5.41, 5.74) is 7.38. The first-order chi connectivity index (χ1) is 8.45. The molecule has 1 aromatic rings. The molecular formula is C13H18N2O2S. The fourth-order valence-corrected chi connectivity index (χ4v) is 1.81. The Balaban J connectivity index is 2.69. The maximum atomic E-state index is 11.3. The van der Waals surface area contributed by atoms with Gasteiger partial charge in [0.05, 0.1) is 13.0 Å². The maximum Gasteiger partial charge on any atom is 0.310 e. The molecule has 4 nitrogen and oxygen atoms in total. The molecule has 1 aromatic carbocycles. The molecule has 0 aliphatic rings. The average Bonchev–Trinajstić information content (AvgIpc) is 2.37. The van der Waals surface area contributed by atoms with Crippen molar-refractivity contribution in [2.75, 3.05) is 25.6 Å². The maximum absolute atomic E-state index is 11.3. The first-order valence-corrected chi connectivity index (χ1v) is 6.05. The van der Waals surface area contributed by atoms with Gasteiger partial charge < -0.3 is 15.4 Å². The third kappa shape index (κ3) is 3.70. The SMILES string of the molecule is COC(=O)C(C)CN(C)c1ccc(C(N)=S)cc1. The van der Waals surface area contributed by atoms with Crippen LogP contribution in [0.5, 0.6) is 0 Å². The van der Waals surface area contributed by atoms with Crippen molar-refractivity contribution in [2.45, 2.75) is 6.92 Å². The molecule has 0 saturated heterocycles. The van der Waals surface area contributed by atoms with Gasteiger partial charge in [-0.15, -0.1) is 0 Å². The lowest BCUT2D eigenvalue weighted by atomic mass is 10.1. The highest BCUT2D eigenvalue weighted by Crippen LogP contribution is 2.15. The van der Waals surface area contributed by atoms with Gasteiger partial charge in [0.15, 0.2) is 0 Å². The van der Waals surface area contributed by atoms with Crippen LogP contribution in [0.1, 0.15) is 12.5 Å². The van der Waals surface area contributed by atoms with E-state index in [-0.39, 0.29) is 11.9 Å². The number of methoxy groups -OCH3 is 1. The van der Waals surface area contributed by atoms with Gasteiger partial charge >= 0.3 is 5.97 Å². The van der Waals surface area contributed by atoms with Gasteiger partial charge in [0.1, 0.15) is 4.99 Å². The number of ether oxygens (including phenoxy) is 1. The smallest absolute Gasteiger partial charge is 0.310 e. The second kappa shape index (κ2) is 6.35. The van der Waals surface area contributed by atoms with Crippen LogP contribution >= 0.6 is 12.2 Å². The number of carbonyl (C=O) groups excluding carboxylic acids is 1. The first kappa shape index (κ1) is 14.4. The van der Waals surface area contributed by atoms with Crippen molar-refractivity contribution >= 4 is 28.9 Å². The summed E-state index contributed by atoms with van der Waals surface area (Å²) in [4.78, 5) is 13.7. The van der Waals surface area contributed by atoms with E-state index in [0.717, 1.165) is 11.3 Å². The van der Waals surface area contributed by atoms with Crippen molar-refractivity contribution in [1.82, 2.24) is 0 Å². The van der Waals surface area contributed by atoms with E-state index in [9.17, 15) is 4.79 Å². The predicted molar refractivity (Wildman–Crippen MR) is 76.8 cm³/mol. The Labute approximate surface area is 113 Å². The van der Waals surface area contributed by atoms with Crippen LogP contribution in [-0.2, 0) is 9.53 Å². The number of rotatable bonds is 5. The van der Waals surface area contributed by atoms with Crippen LogP contribution in [0.15, 0.2) is 24.3 Å². The number of hydrogen-bond acceptors (Lipinski definition) is 4. The summed E-state index contributed by atoms with van der Waals surface area (Å²) in [6.07, 6.45) is 0. The highest BCUT2D eigenvalue weighted by molar-refractivity contribution is 7.80. The number of nitrogens with two attached hydrogens (primary N) is 1. The fraction of sp³-hybridized carbons (Fsp3) is 0.385. The number of hydrogen-bond donors (Lipinski definition) is 1. The lowest BCUT2D eigenvalue weighted by Gasteiger charge is -2.22. The number of anilines is 1. The molecule has 0 aliphatic carbocycles. The molecule has 18 heavy (non-hydrogen) atoms. The van der Waals surface area contributed by atoms with Gasteiger partial charge in [-0.3, -0.25) is 4.79 Å². The van der Waals surface area contributed by atoms with Gasteiger partial charge in [-0.25, -0.2) is 0 Å². The zero-order valence-electron chi connectivity index (χ0n) is 10.8. The molecule has 0 radical (unpaired) electrons. The van der Waals surface area contributed by atoms with Crippen molar-refractivity contribution in [3.63, 3.8) is 0 Å². The molecule has 0 aliphatic heterocycles. The van der Waals surface area contributed by atoms with Gasteiger partial charge in [0.2, 0.25) is 0 Å². The van der Waals surface area contributed by atoms with Crippen molar-refractivity contribution < 1.29 is 9.53 Å². The van der Waals surface area contributed by atoms with Crippen LogP contribution < -0.4 is 10.6 Å². The van der Waals surface area contributed by atoms with Crippen LogP contribution in [0.25, 0.3) is 0 Å². The summed E-state index contributed by atoms with van der Waals surface area (Å²) in [6, 6.07) is 7.60. The molecule has 0 spiro atoms. The quantitative estimate of drug-likeness (QED) is 0.647. The highest BCUT2D eigenvalue weighted by atomic mass is 32.1. The fourth-order valence-electron chi connectivity index (χ4n) is 1.67. The van der Waals surface area contributed by atoms with Gasteiger partial charge in [0, 0.05) is 24.8 Å². The van der Waals surface area contributed by atoms with E-state index in [1.165, 1.54) is 7.11 Å². The van der Waals surface area contributed by atoms with Crippen molar-refractivity contribution in [1.29, 1.82) is 0 Å². The Hall–Kier alpha value is -1.62. The van der Waals surface area contributed by atoms with E-state index in [1.54, 1.807) is 0 Å². The predicted octanol–water partition coefficient (Wildman–Crippen LogP) is 1.57. The Morgan fingerprint density at radius 3 is 2.44 bits per heavy atom. The molecule has 5 heteroatoms. The molecule has 0 heterocycles. The summed E-state index contributed by atoms with van der Waals surface area (Å²) >= 11 is 4.89. The van der Waals surface area contributed by atoms with Crippen molar-refractivity contribution in [2.24, 2.45) is 11.7 Å². The van der Waals surface area contributed by atoms with E-state index in [0.29, 0.717) is 11.5 Å². The van der Waals surface area contributed by atoms with Crippen LogP contribution in [-0.4, -0.2) is 31.7 Å². The molecule has 0 bridgehead atoms. The molecular weight excluding hydrogens is 248 g/mol. The second-order valence-electron chi connectivity index (χ2n) is 4.22. The van der Waals surface area contributed by atoms with E-state index >= 15 is 0 Å². The summed E-state index contributed by atoms with van der Waals surface area (Å²) in [7, 11) is 3.32. The lowest BCUT2D eigenvalue weighted by Crippen LogP contribution is -2.29. The molecule has 1 atom stereocenters. The van der Waals surface area contributed by atoms with Crippen LogP contribution in [0, 0.1) is 5.92 Å². The summed E-state index contributed by atoms with van der Waals surface area (Å²) < 4.78 is 4.70. The summed E-state index contributed by atoms with van der Waals surface area (Å²) in [6.45, 7) is 2.44. The normalized spacial score (nSPS) is 11.7. The van der Waals surface area contributed by atoms with Crippen LogP contribution in [0.2, 0.25) is 0 Å². The average molecular weight is 266 g/mol. The minimum absolute atomic E-state index is 0.171. The Morgan fingerprint density at radius 2 is 2.00 bits per heavy atom. The number of benzene rings is 1. The minimum Gasteiger partial charge on any atom is -0.469 e. The molecule has 1 unspecified atom stereocenters. The van der Waals surface area contributed by atoms with Gasteiger partial charge in [-0.1, -0.05) is 19.1 Å². The molecule has 0 fully saturated rings. The summed E-state index contributed by atoms with van der Waals surface area (Å²) in [5, 5.41) is 0. The van der Waals surface area contributed by atoms with E-state index in [4.69, 9.17) is 22.7 Å². The number of esters is 1. The zero-order chi connectivity index (χ0) is 13.7. The monoisotopic (exact) mass is 266 g/mol. The van der Waals surface area contributed by atoms with Gasteiger partial charge in [-0.05, 0) is 24.3 Å². The van der Waals surface area contributed by atoms with Gasteiger partial charge in [-0.2, -0.15) is 0 Å². The highest BCUT2D eigenvalue weighted by Gasteiger charge is 2.15. The van der Waals surface area contributed by atoms with E-state index in [2.05, 4.69) is 0 Å². The Kier molecular flexibility index (Phi) is 5.09. The lowest BCUT2D eigenvalue weighted by molar-refractivity contribution is -0.144. The number of thiocarbonyl (C=S) groups is 1. The Bertz CT molecular complexity index is 431. The standard InChI is InChI=1S/C13H18N2O2S/c1-9(13(16)17-3)8-15(2)11-6-4-10(5-7-11)12(14)18/h4-7,9H,8H2,1-3H3,(H2,14,18). The molecule has 2 N–H and O–H groups in total.